The van der Waals surface area contributed by atoms with Gasteiger partial charge in [-0.3, -0.25) is 0 Å². The molecule has 0 rings (SSSR count). The van der Waals surface area contributed by atoms with Gasteiger partial charge in [-0.2, -0.15) is 0 Å². The lowest BCUT2D eigenvalue weighted by molar-refractivity contribution is -0.143. The van der Waals surface area contributed by atoms with Gasteiger partial charge < -0.3 is 22.3 Å². The molecule has 0 spiro atoms. The maximum absolute atomic E-state index is 10.3. The molecule has 0 heterocycles. The summed E-state index contributed by atoms with van der Waals surface area (Å²) in [5.41, 5.74) is 14.1. The Morgan fingerprint density at radius 1 is 1.36 bits per heavy atom. The molecule has 11 heavy (non-hydrogen) atoms. The first-order valence-corrected chi connectivity index (χ1v) is 3.52. The Balaban J connectivity index is 3.64. The highest BCUT2D eigenvalue weighted by atomic mass is 16.4. The average Bonchev–Trinajstić information content (AvgIpc) is 1.88. The molecular formula is C6H15N3O2. The fraction of sp³-hybridized carbons (Fsp3) is 0.833. The minimum atomic E-state index is -1.59. The third kappa shape index (κ3) is 3.92. The molecule has 0 aromatic carbocycles. The van der Waals surface area contributed by atoms with Crippen molar-refractivity contribution in [3.63, 3.8) is 0 Å². The fourth-order valence-electron chi connectivity index (χ4n) is 0.669. The van der Waals surface area contributed by atoms with E-state index < -0.39 is 11.6 Å². The first kappa shape index (κ1) is 10.3. The van der Waals surface area contributed by atoms with Crippen LogP contribution in [-0.4, -0.2) is 23.3 Å². The number of hydrogen-bond acceptors (Lipinski definition) is 4. The van der Waals surface area contributed by atoms with E-state index in [1.54, 1.807) is 0 Å². The quantitative estimate of drug-likeness (QED) is 0.299. The summed E-state index contributed by atoms with van der Waals surface area (Å²) in [4.78, 5) is 10.3. The molecule has 0 bridgehead atoms. The lowest BCUT2D eigenvalue weighted by atomic mass is 10.1. The van der Waals surface area contributed by atoms with Gasteiger partial charge >= 0.3 is 5.97 Å². The van der Waals surface area contributed by atoms with Gasteiger partial charge in [0.25, 0.3) is 0 Å². The van der Waals surface area contributed by atoms with Crippen LogP contribution in [-0.2, 0) is 4.79 Å². The SMILES string of the molecule is NCCCCC(N)(N)C(=O)O. The Labute approximate surface area is 65.5 Å². The smallest absolute Gasteiger partial charge is 0.338 e. The first-order chi connectivity index (χ1) is 5.00. The molecule has 7 N–H and O–H groups in total. The number of nitrogens with two attached hydrogens (primary N) is 3. The molecule has 0 aromatic heterocycles. The van der Waals surface area contributed by atoms with Gasteiger partial charge in [-0.1, -0.05) is 0 Å². The molecule has 0 unspecified atom stereocenters. The Bertz CT molecular complexity index is 136. The molecule has 0 fully saturated rings. The van der Waals surface area contributed by atoms with Crippen LogP contribution < -0.4 is 17.2 Å². The van der Waals surface area contributed by atoms with Gasteiger partial charge in [-0.25, -0.2) is 4.79 Å². The van der Waals surface area contributed by atoms with Gasteiger partial charge in [0.1, 0.15) is 0 Å². The summed E-state index contributed by atoms with van der Waals surface area (Å²) in [5, 5.41) is 8.46. The lowest BCUT2D eigenvalue weighted by Crippen LogP contribution is -2.56. The van der Waals surface area contributed by atoms with Crippen LogP contribution in [0.3, 0.4) is 0 Å². The van der Waals surface area contributed by atoms with Crippen LogP contribution in [0.5, 0.6) is 0 Å². The van der Waals surface area contributed by atoms with Crippen LogP contribution >= 0.6 is 0 Å². The highest BCUT2D eigenvalue weighted by molar-refractivity contribution is 5.77. The molecule has 0 radical (unpaired) electrons. The lowest BCUT2D eigenvalue weighted by Gasteiger charge is -2.18. The number of carboxylic acids is 1. The number of unbranched alkanes of at least 4 members (excludes halogenated alkanes) is 1. The van der Waals surface area contributed by atoms with E-state index in [0.717, 1.165) is 6.42 Å². The second-order valence-corrected chi connectivity index (χ2v) is 2.59. The number of carbonyl (C=O) groups is 1. The van der Waals surface area contributed by atoms with E-state index in [-0.39, 0.29) is 6.42 Å². The van der Waals surface area contributed by atoms with Crippen LogP contribution in [0.1, 0.15) is 19.3 Å². The summed E-state index contributed by atoms with van der Waals surface area (Å²) in [5.74, 6) is -1.17. The van der Waals surface area contributed by atoms with Crippen LogP contribution in [0.4, 0.5) is 0 Å². The van der Waals surface area contributed by atoms with Gasteiger partial charge in [0.2, 0.25) is 0 Å². The zero-order chi connectivity index (χ0) is 8.91. The monoisotopic (exact) mass is 161 g/mol. The predicted molar refractivity (Wildman–Crippen MR) is 41.6 cm³/mol. The van der Waals surface area contributed by atoms with E-state index in [1.165, 1.54) is 0 Å². The minimum absolute atomic E-state index is 0.263. The summed E-state index contributed by atoms with van der Waals surface area (Å²) < 4.78 is 0. The van der Waals surface area contributed by atoms with Gasteiger partial charge in [0, 0.05) is 0 Å². The van der Waals surface area contributed by atoms with Gasteiger partial charge in [0.05, 0.1) is 0 Å². The summed E-state index contributed by atoms with van der Waals surface area (Å²) in [6.07, 6.45) is 1.67. The van der Waals surface area contributed by atoms with Crippen LogP contribution in [0.2, 0.25) is 0 Å². The second kappa shape index (κ2) is 4.27. The highest BCUT2D eigenvalue weighted by Gasteiger charge is 2.27. The van der Waals surface area contributed by atoms with Crippen LogP contribution in [0, 0.1) is 0 Å². The number of rotatable bonds is 5. The molecule has 0 aliphatic carbocycles. The molecule has 0 aliphatic rings. The molecular weight excluding hydrogens is 146 g/mol. The maximum Gasteiger partial charge on any atom is 0.338 e. The summed E-state index contributed by atoms with van der Waals surface area (Å²) in [6.45, 7) is 0.537. The largest absolute Gasteiger partial charge is 0.479 e. The van der Waals surface area contributed by atoms with Crippen molar-refractivity contribution in [3.05, 3.63) is 0 Å². The molecule has 5 heteroatoms. The number of hydrogen-bond donors (Lipinski definition) is 4. The van der Waals surface area contributed by atoms with E-state index >= 15 is 0 Å². The van der Waals surface area contributed by atoms with Crippen LogP contribution in [0.15, 0.2) is 0 Å². The first-order valence-electron chi connectivity index (χ1n) is 3.52. The third-order valence-corrected chi connectivity index (χ3v) is 1.44. The normalized spacial score (nSPS) is 11.5. The average molecular weight is 161 g/mol. The Hall–Kier alpha value is -0.650. The molecule has 0 aromatic rings. The van der Waals surface area contributed by atoms with E-state index in [4.69, 9.17) is 22.3 Å². The van der Waals surface area contributed by atoms with Gasteiger partial charge in [-0.15, -0.1) is 0 Å². The van der Waals surface area contributed by atoms with E-state index in [1.807, 2.05) is 0 Å². The highest BCUT2D eigenvalue weighted by Crippen LogP contribution is 2.04. The summed E-state index contributed by atoms with van der Waals surface area (Å²) in [7, 11) is 0. The van der Waals surface area contributed by atoms with Crippen molar-refractivity contribution in [1.29, 1.82) is 0 Å². The van der Waals surface area contributed by atoms with Crippen molar-refractivity contribution in [2.75, 3.05) is 6.54 Å². The maximum atomic E-state index is 10.3. The van der Waals surface area contributed by atoms with Crippen LogP contribution in [0.25, 0.3) is 0 Å². The van der Waals surface area contributed by atoms with Gasteiger partial charge in [0.15, 0.2) is 5.66 Å². The van der Waals surface area contributed by atoms with Crippen molar-refractivity contribution in [2.24, 2.45) is 17.2 Å². The zero-order valence-electron chi connectivity index (χ0n) is 6.42. The summed E-state index contributed by atoms with van der Waals surface area (Å²) >= 11 is 0. The molecule has 66 valence electrons. The minimum Gasteiger partial charge on any atom is -0.479 e. The van der Waals surface area contributed by atoms with Crippen molar-refractivity contribution in [2.45, 2.75) is 24.9 Å². The molecule has 0 atom stereocenters. The van der Waals surface area contributed by atoms with Crippen molar-refractivity contribution in [3.8, 4) is 0 Å². The second-order valence-electron chi connectivity index (χ2n) is 2.59. The zero-order valence-corrected chi connectivity index (χ0v) is 6.42. The molecule has 0 amide bonds. The van der Waals surface area contributed by atoms with E-state index in [0.29, 0.717) is 13.0 Å². The Kier molecular flexibility index (Phi) is 4.02. The number of aliphatic carboxylic acids is 1. The fourth-order valence-corrected chi connectivity index (χ4v) is 0.669. The summed E-state index contributed by atoms with van der Waals surface area (Å²) in [6, 6.07) is 0. The topological polar surface area (TPSA) is 115 Å². The van der Waals surface area contributed by atoms with Crippen molar-refractivity contribution < 1.29 is 9.90 Å². The Morgan fingerprint density at radius 3 is 2.27 bits per heavy atom. The molecule has 0 saturated carbocycles. The molecule has 0 aliphatic heterocycles. The predicted octanol–water partition coefficient (Wildman–Crippen LogP) is -1.19. The molecule has 0 saturated heterocycles. The van der Waals surface area contributed by atoms with E-state index in [9.17, 15) is 4.79 Å². The number of carboxylic acid groups (broad SMARTS) is 1. The third-order valence-electron chi connectivity index (χ3n) is 1.44. The van der Waals surface area contributed by atoms with Crippen molar-refractivity contribution >= 4 is 5.97 Å². The van der Waals surface area contributed by atoms with E-state index in [2.05, 4.69) is 0 Å². The Morgan fingerprint density at radius 2 is 1.91 bits per heavy atom. The molecule has 5 nitrogen and oxygen atoms in total. The van der Waals surface area contributed by atoms with Gasteiger partial charge in [-0.05, 0) is 25.8 Å². The van der Waals surface area contributed by atoms with Crippen molar-refractivity contribution in [1.82, 2.24) is 0 Å². The standard InChI is InChI=1S/C6H15N3O2/c7-4-2-1-3-6(8,9)5(10)11/h1-4,7-9H2,(H,10,11).